The van der Waals surface area contributed by atoms with Crippen LogP contribution in [0.2, 0.25) is 0 Å². The molecule has 0 radical (unpaired) electrons. The molecule has 1 rings (SSSR count). The molecule has 0 bridgehead atoms. The van der Waals surface area contributed by atoms with Crippen molar-refractivity contribution in [2.24, 2.45) is 0 Å². The molecule has 94 valence electrons. The van der Waals surface area contributed by atoms with Crippen LogP contribution in [-0.2, 0) is 0 Å². The maximum atomic E-state index is 11.0. The van der Waals surface area contributed by atoms with Gasteiger partial charge in [-0.05, 0) is 32.9 Å². The minimum Gasteiger partial charge on any atom is -0.493 e. The fourth-order valence-electron chi connectivity index (χ4n) is 1.42. The first-order valence-electron chi connectivity index (χ1n) is 5.32. The van der Waals surface area contributed by atoms with Crippen LogP contribution in [0, 0.1) is 0 Å². The van der Waals surface area contributed by atoms with Crippen molar-refractivity contribution in [3.8, 4) is 17.2 Å². The zero-order valence-corrected chi connectivity index (χ0v) is 10.9. The molecule has 0 heterocycles. The van der Waals surface area contributed by atoms with Gasteiger partial charge in [-0.25, -0.2) is 0 Å². The second-order valence-corrected chi connectivity index (χ2v) is 4.55. The highest BCUT2D eigenvalue weighted by Crippen LogP contribution is 2.40. The largest absolute Gasteiger partial charge is 0.493 e. The lowest BCUT2D eigenvalue weighted by atomic mass is 10.1. The molecule has 0 aromatic heterocycles. The topological polar surface area (TPSA) is 44.8 Å². The van der Waals surface area contributed by atoms with Gasteiger partial charge in [-0.3, -0.25) is 4.79 Å². The van der Waals surface area contributed by atoms with Gasteiger partial charge in [0.2, 0.25) is 5.75 Å². The Morgan fingerprint density at radius 3 is 2.12 bits per heavy atom. The number of hydrogen-bond acceptors (Lipinski definition) is 4. The summed E-state index contributed by atoms with van der Waals surface area (Å²) in [5.74, 6) is 1.39. The number of benzene rings is 1. The van der Waals surface area contributed by atoms with Gasteiger partial charge in [0.1, 0.15) is 5.60 Å². The molecule has 17 heavy (non-hydrogen) atoms. The van der Waals surface area contributed by atoms with E-state index in [4.69, 9.17) is 14.2 Å². The Kier molecular flexibility index (Phi) is 3.99. The van der Waals surface area contributed by atoms with E-state index in [9.17, 15) is 4.79 Å². The van der Waals surface area contributed by atoms with Crippen molar-refractivity contribution in [1.29, 1.82) is 0 Å². The number of aldehydes is 1. The van der Waals surface area contributed by atoms with Crippen LogP contribution >= 0.6 is 0 Å². The Balaban J connectivity index is 3.35. The van der Waals surface area contributed by atoms with Crippen LogP contribution in [-0.4, -0.2) is 26.1 Å². The van der Waals surface area contributed by atoms with Crippen LogP contribution in [0.3, 0.4) is 0 Å². The molecular formula is C13H18O4. The lowest BCUT2D eigenvalue weighted by Crippen LogP contribution is -2.24. The average Bonchev–Trinajstić information content (AvgIpc) is 2.26. The van der Waals surface area contributed by atoms with Gasteiger partial charge in [-0.1, -0.05) is 0 Å². The van der Waals surface area contributed by atoms with Crippen LogP contribution in [0.5, 0.6) is 17.2 Å². The maximum absolute atomic E-state index is 11.0. The lowest BCUT2D eigenvalue weighted by Gasteiger charge is -2.24. The van der Waals surface area contributed by atoms with Gasteiger partial charge in [0.25, 0.3) is 0 Å². The van der Waals surface area contributed by atoms with Crippen LogP contribution in [0.1, 0.15) is 31.1 Å². The average molecular weight is 238 g/mol. The summed E-state index contributed by atoms with van der Waals surface area (Å²) < 4.78 is 16.2. The molecule has 1 aromatic carbocycles. The predicted molar refractivity (Wildman–Crippen MR) is 65.3 cm³/mol. The minimum absolute atomic E-state index is 0.411. The first kappa shape index (κ1) is 13.4. The first-order chi connectivity index (χ1) is 7.92. The normalized spacial score (nSPS) is 10.9. The molecule has 0 N–H and O–H groups in total. The molecule has 0 unspecified atom stereocenters. The van der Waals surface area contributed by atoms with E-state index in [1.807, 2.05) is 20.8 Å². The second-order valence-electron chi connectivity index (χ2n) is 4.55. The van der Waals surface area contributed by atoms with E-state index in [0.29, 0.717) is 22.8 Å². The Bertz CT molecular complexity index is 405. The molecule has 0 saturated heterocycles. The number of hydrogen-bond donors (Lipinski definition) is 0. The number of methoxy groups -OCH3 is 2. The zero-order valence-electron chi connectivity index (χ0n) is 10.9. The second kappa shape index (κ2) is 5.08. The third-order valence-corrected chi connectivity index (χ3v) is 2.07. The van der Waals surface area contributed by atoms with E-state index in [1.165, 1.54) is 7.11 Å². The van der Waals surface area contributed by atoms with E-state index in [0.717, 1.165) is 6.29 Å². The lowest BCUT2D eigenvalue weighted by molar-refractivity contribution is 0.108. The Morgan fingerprint density at radius 1 is 1.06 bits per heavy atom. The Labute approximate surface area is 101 Å². The van der Waals surface area contributed by atoms with Gasteiger partial charge in [0, 0.05) is 0 Å². The van der Waals surface area contributed by atoms with Crippen molar-refractivity contribution in [1.82, 2.24) is 0 Å². The van der Waals surface area contributed by atoms with Gasteiger partial charge in [0.05, 0.1) is 19.8 Å². The van der Waals surface area contributed by atoms with E-state index >= 15 is 0 Å². The third-order valence-electron chi connectivity index (χ3n) is 2.07. The van der Waals surface area contributed by atoms with Crippen molar-refractivity contribution < 1.29 is 19.0 Å². The minimum atomic E-state index is -0.419. The van der Waals surface area contributed by atoms with Gasteiger partial charge < -0.3 is 14.2 Å². The van der Waals surface area contributed by atoms with Gasteiger partial charge in [-0.15, -0.1) is 0 Å². The summed E-state index contributed by atoms with van der Waals surface area (Å²) in [4.78, 5) is 11.0. The van der Waals surface area contributed by atoms with E-state index < -0.39 is 5.60 Å². The fourth-order valence-corrected chi connectivity index (χ4v) is 1.42. The highest BCUT2D eigenvalue weighted by Gasteiger charge is 2.21. The highest BCUT2D eigenvalue weighted by molar-refractivity contribution is 5.82. The molecule has 0 fully saturated rings. The van der Waals surface area contributed by atoms with E-state index in [2.05, 4.69) is 0 Å². The molecule has 0 saturated carbocycles. The van der Waals surface area contributed by atoms with Crippen molar-refractivity contribution in [2.45, 2.75) is 26.4 Å². The zero-order chi connectivity index (χ0) is 13.1. The third kappa shape index (κ3) is 3.12. The summed E-state index contributed by atoms with van der Waals surface area (Å²) in [5.41, 5.74) is 0.0230. The number of rotatable bonds is 4. The van der Waals surface area contributed by atoms with E-state index in [1.54, 1.807) is 19.2 Å². The van der Waals surface area contributed by atoms with Crippen molar-refractivity contribution >= 4 is 6.29 Å². The summed E-state index contributed by atoms with van der Waals surface area (Å²) in [6.45, 7) is 5.71. The monoisotopic (exact) mass is 238 g/mol. The smallest absolute Gasteiger partial charge is 0.204 e. The fraction of sp³-hybridized carbons (Fsp3) is 0.462. The SMILES string of the molecule is COc1ccc(C=O)c(OC(C)(C)C)c1OC. The van der Waals surface area contributed by atoms with Crippen LogP contribution in [0.4, 0.5) is 0 Å². The van der Waals surface area contributed by atoms with Gasteiger partial charge in [-0.2, -0.15) is 0 Å². The Morgan fingerprint density at radius 2 is 1.71 bits per heavy atom. The number of ether oxygens (including phenoxy) is 3. The van der Waals surface area contributed by atoms with E-state index in [-0.39, 0.29) is 0 Å². The van der Waals surface area contributed by atoms with Gasteiger partial charge in [0.15, 0.2) is 17.8 Å². The molecule has 4 nitrogen and oxygen atoms in total. The molecule has 0 aliphatic heterocycles. The summed E-state index contributed by atoms with van der Waals surface area (Å²) in [5, 5.41) is 0. The summed E-state index contributed by atoms with van der Waals surface area (Å²) in [6.07, 6.45) is 0.739. The summed E-state index contributed by atoms with van der Waals surface area (Å²) in [7, 11) is 3.06. The maximum Gasteiger partial charge on any atom is 0.204 e. The molecule has 0 amide bonds. The standard InChI is InChI=1S/C13H18O4/c1-13(2,3)17-11-9(8-14)6-7-10(15-4)12(11)16-5/h6-8H,1-5H3. The highest BCUT2D eigenvalue weighted by atomic mass is 16.5. The number of carbonyl (C=O) groups is 1. The van der Waals surface area contributed by atoms with Crippen LogP contribution in [0.15, 0.2) is 12.1 Å². The first-order valence-corrected chi connectivity index (χ1v) is 5.32. The van der Waals surface area contributed by atoms with Crippen molar-refractivity contribution in [3.63, 3.8) is 0 Å². The van der Waals surface area contributed by atoms with Crippen molar-refractivity contribution in [2.75, 3.05) is 14.2 Å². The van der Waals surface area contributed by atoms with Gasteiger partial charge >= 0.3 is 0 Å². The van der Waals surface area contributed by atoms with Crippen LogP contribution in [0.25, 0.3) is 0 Å². The molecule has 0 spiro atoms. The molecule has 4 heteroatoms. The molecular weight excluding hydrogens is 220 g/mol. The predicted octanol–water partition coefficient (Wildman–Crippen LogP) is 2.69. The Hall–Kier alpha value is -1.71. The molecule has 0 aliphatic rings. The molecule has 0 atom stereocenters. The quantitative estimate of drug-likeness (QED) is 0.756. The molecule has 1 aromatic rings. The summed E-state index contributed by atoms with van der Waals surface area (Å²) in [6, 6.07) is 3.33. The summed E-state index contributed by atoms with van der Waals surface area (Å²) >= 11 is 0. The van der Waals surface area contributed by atoms with Crippen molar-refractivity contribution in [3.05, 3.63) is 17.7 Å². The number of carbonyl (C=O) groups excluding carboxylic acids is 1. The van der Waals surface area contributed by atoms with Crippen LogP contribution < -0.4 is 14.2 Å². The molecule has 0 aliphatic carbocycles.